The minimum atomic E-state index is -0.244. The summed E-state index contributed by atoms with van der Waals surface area (Å²) in [6, 6.07) is 7.92. The van der Waals surface area contributed by atoms with Crippen LogP contribution in [0, 0.1) is 0 Å². The van der Waals surface area contributed by atoms with Gasteiger partial charge in [0.15, 0.2) is 0 Å². The number of carbonyl (C=O) groups is 1. The van der Waals surface area contributed by atoms with Gasteiger partial charge in [-0.25, -0.2) is 4.79 Å². The number of benzene rings is 1. The van der Waals surface area contributed by atoms with Gasteiger partial charge in [0.25, 0.3) is 0 Å². The second-order valence-corrected chi connectivity index (χ2v) is 6.95. The fraction of sp³-hybridized carbons (Fsp3) is 0.650. The molecule has 0 radical (unpaired) electrons. The third-order valence-corrected chi connectivity index (χ3v) is 4.80. The van der Waals surface area contributed by atoms with Crippen LogP contribution in [0.4, 0.5) is 0 Å². The summed E-state index contributed by atoms with van der Waals surface area (Å²) < 4.78 is 11.2. The monoisotopic (exact) mass is 369 g/mol. The number of hydrogen-bond acceptors (Lipinski definition) is 3. The number of esters is 1. The summed E-state index contributed by atoms with van der Waals surface area (Å²) in [5.74, 6) is 0.561. The van der Waals surface area contributed by atoms with Gasteiger partial charge in [-0.3, -0.25) is 0 Å². The maximum Gasteiger partial charge on any atom is 0.338 e. The molecule has 142 valence electrons. The lowest BCUT2D eigenvalue weighted by molar-refractivity contribution is -0.931. The lowest BCUT2D eigenvalue weighted by atomic mass is 10.0. The fourth-order valence-electron chi connectivity index (χ4n) is 3.24. The first-order chi connectivity index (χ1) is 11.6. The van der Waals surface area contributed by atoms with Gasteiger partial charge in [-0.05, 0) is 63.8 Å². The Morgan fingerprint density at radius 2 is 2.00 bits per heavy atom. The Morgan fingerprint density at radius 1 is 1.28 bits per heavy atom. The average Bonchev–Trinajstić information content (AvgIpc) is 2.58. The van der Waals surface area contributed by atoms with Crippen molar-refractivity contribution in [3.05, 3.63) is 29.8 Å². The zero-order valence-corrected chi connectivity index (χ0v) is 16.5. The number of halogens is 1. The van der Waals surface area contributed by atoms with E-state index in [1.807, 2.05) is 19.1 Å². The zero-order chi connectivity index (χ0) is 17.4. The van der Waals surface area contributed by atoms with Crippen molar-refractivity contribution in [3.63, 3.8) is 0 Å². The second kappa shape index (κ2) is 11.4. The Morgan fingerprint density at radius 3 is 2.64 bits per heavy atom. The molecule has 1 aromatic carbocycles. The first-order valence-electron chi connectivity index (χ1n) is 9.38. The largest absolute Gasteiger partial charge is 1.00 e. The van der Waals surface area contributed by atoms with Gasteiger partial charge in [0.1, 0.15) is 18.4 Å². The Balaban J connectivity index is 0.00000312. The predicted molar refractivity (Wildman–Crippen MR) is 95.7 cm³/mol. The van der Waals surface area contributed by atoms with Crippen molar-refractivity contribution in [2.75, 3.05) is 19.7 Å². The fourth-order valence-corrected chi connectivity index (χ4v) is 3.24. The van der Waals surface area contributed by atoms with Crippen molar-refractivity contribution in [3.8, 4) is 5.75 Å². The molecule has 1 aliphatic rings. The number of unbranched alkanes of at least 4 members (excludes halogenated alkanes) is 1. The van der Waals surface area contributed by atoms with E-state index >= 15 is 0 Å². The van der Waals surface area contributed by atoms with Crippen LogP contribution in [0.2, 0.25) is 0 Å². The highest BCUT2D eigenvalue weighted by atomic mass is 35.5. The van der Waals surface area contributed by atoms with Crippen molar-refractivity contribution in [2.45, 2.75) is 65.0 Å². The molecule has 1 aromatic rings. The SMILES string of the molecule is CCCCOc1ccc(C(=O)OC(C)C[NH+]2CCCCC2C)cc1.[Cl-]. The van der Waals surface area contributed by atoms with Crippen molar-refractivity contribution < 1.29 is 31.6 Å². The minimum absolute atomic E-state index is 0. The molecule has 0 spiro atoms. The molecule has 3 unspecified atom stereocenters. The Kier molecular flexibility index (Phi) is 9.91. The predicted octanol–water partition coefficient (Wildman–Crippen LogP) is -0.128. The number of likely N-dealkylation sites (tertiary alicyclic amines) is 1. The molecule has 5 heteroatoms. The number of hydrogen-bond donors (Lipinski definition) is 1. The van der Waals surface area contributed by atoms with Gasteiger partial charge in [0.05, 0.1) is 24.8 Å². The van der Waals surface area contributed by atoms with E-state index in [1.165, 1.54) is 25.8 Å². The summed E-state index contributed by atoms with van der Waals surface area (Å²) in [6.45, 7) is 9.22. The van der Waals surface area contributed by atoms with Gasteiger partial charge < -0.3 is 26.8 Å². The van der Waals surface area contributed by atoms with E-state index in [1.54, 1.807) is 17.0 Å². The Bertz CT molecular complexity index is 506. The molecule has 1 heterocycles. The van der Waals surface area contributed by atoms with E-state index in [0.29, 0.717) is 18.2 Å². The minimum Gasteiger partial charge on any atom is -1.00 e. The summed E-state index contributed by atoms with van der Waals surface area (Å²) in [4.78, 5) is 13.8. The van der Waals surface area contributed by atoms with Crippen LogP contribution >= 0.6 is 0 Å². The van der Waals surface area contributed by atoms with Gasteiger partial charge in [0.2, 0.25) is 0 Å². The third-order valence-electron chi connectivity index (χ3n) is 4.80. The van der Waals surface area contributed by atoms with E-state index in [2.05, 4.69) is 13.8 Å². The molecule has 25 heavy (non-hydrogen) atoms. The molecule has 2 rings (SSSR count). The average molecular weight is 370 g/mol. The third kappa shape index (κ3) is 7.25. The lowest BCUT2D eigenvalue weighted by Gasteiger charge is -2.31. The highest BCUT2D eigenvalue weighted by Gasteiger charge is 2.25. The van der Waals surface area contributed by atoms with E-state index in [4.69, 9.17) is 9.47 Å². The first-order valence-corrected chi connectivity index (χ1v) is 9.38. The molecule has 1 saturated heterocycles. The normalized spacial score (nSPS) is 21.1. The van der Waals surface area contributed by atoms with Gasteiger partial charge >= 0.3 is 5.97 Å². The maximum atomic E-state index is 12.3. The molecule has 0 aliphatic carbocycles. The smallest absolute Gasteiger partial charge is 0.338 e. The van der Waals surface area contributed by atoms with Crippen molar-refractivity contribution >= 4 is 5.97 Å². The van der Waals surface area contributed by atoms with Crippen LogP contribution < -0.4 is 22.0 Å². The number of rotatable bonds is 8. The molecule has 0 saturated carbocycles. The molecule has 0 bridgehead atoms. The van der Waals surface area contributed by atoms with Crippen LogP contribution in [-0.4, -0.2) is 37.8 Å². The molecule has 3 atom stereocenters. The van der Waals surface area contributed by atoms with Gasteiger partial charge in [-0.1, -0.05) is 13.3 Å². The molecule has 1 N–H and O–H groups in total. The first kappa shape index (κ1) is 21.8. The zero-order valence-electron chi connectivity index (χ0n) is 15.7. The topological polar surface area (TPSA) is 40.0 Å². The molecule has 0 amide bonds. The van der Waals surface area contributed by atoms with Crippen molar-refractivity contribution in [1.29, 1.82) is 0 Å². The highest BCUT2D eigenvalue weighted by molar-refractivity contribution is 5.89. The summed E-state index contributed by atoms with van der Waals surface area (Å²) in [5, 5.41) is 0. The Hall–Kier alpha value is -1.26. The van der Waals surface area contributed by atoms with Gasteiger partial charge in [0, 0.05) is 0 Å². The van der Waals surface area contributed by atoms with Crippen LogP contribution in [-0.2, 0) is 4.74 Å². The van der Waals surface area contributed by atoms with E-state index in [9.17, 15) is 4.79 Å². The summed E-state index contributed by atoms with van der Waals surface area (Å²) >= 11 is 0. The number of piperidine rings is 1. The summed E-state index contributed by atoms with van der Waals surface area (Å²) in [7, 11) is 0. The van der Waals surface area contributed by atoms with Crippen LogP contribution in [0.3, 0.4) is 0 Å². The van der Waals surface area contributed by atoms with Crippen molar-refractivity contribution in [1.82, 2.24) is 0 Å². The highest BCUT2D eigenvalue weighted by Crippen LogP contribution is 2.14. The number of ether oxygens (including phenoxy) is 2. The van der Waals surface area contributed by atoms with Gasteiger partial charge in [-0.15, -0.1) is 0 Å². The number of carbonyl (C=O) groups excluding carboxylic acids is 1. The van der Waals surface area contributed by atoms with Crippen LogP contribution in [0.25, 0.3) is 0 Å². The number of quaternary nitrogens is 1. The second-order valence-electron chi connectivity index (χ2n) is 6.95. The molecule has 4 nitrogen and oxygen atoms in total. The maximum absolute atomic E-state index is 12.3. The van der Waals surface area contributed by atoms with Crippen LogP contribution in [0.1, 0.15) is 63.2 Å². The molecule has 0 aromatic heterocycles. The molecule has 1 fully saturated rings. The standard InChI is InChI=1S/C20H31NO3.ClH/c1-4-5-14-23-19-11-9-18(10-12-19)20(22)24-17(3)15-21-13-7-6-8-16(21)2;/h9-12,16-17H,4-8,13-15H2,1-3H3;1H. The van der Waals surface area contributed by atoms with E-state index in [0.717, 1.165) is 25.1 Å². The number of nitrogens with one attached hydrogen (secondary N) is 1. The summed E-state index contributed by atoms with van der Waals surface area (Å²) in [5.41, 5.74) is 0.589. The van der Waals surface area contributed by atoms with Crippen molar-refractivity contribution in [2.24, 2.45) is 0 Å². The summed E-state index contributed by atoms with van der Waals surface area (Å²) in [6.07, 6.45) is 5.97. The van der Waals surface area contributed by atoms with E-state index < -0.39 is 0 Å². The molecular formula is C20H32ClNO3. The lowest BCUT2D eigenvalue weighted by Crippen LogP contribution is -3.17. The quantitative estimate of drug-likeness (QED) is 0.512. The van der Waals surface area contributed by atoms with E-state index in [-0.39, 0.29) is 24.5 Å². The molecule has 1 aliphatic heterocycles. The van der Waals surface area contributed by atoms with Crippen LogP contribution in [0.15, 0.2) is 24.3 Å². The van der Waals surface area contributed by atoms with Gasteiger partial charge in [-0.2, -0.15) is 0 Å². The van der Waals surface area contributed by atoms with Crippen LogP contribution in [0.5, 0.6) is 5.75 Å². The molecular weight excluding hydrogens is 338 g/mol. The Labute approximate surface area is 158 Å².